The van der Waals surface area contributed by atoms with Crippen LogP contribution in [0.25, 0.3) is 0 Å². The number of allylic oxidation sites excluding steroid dienone is 1. The van der Waals surface area contributed by atoms with Gasteiger partial charge in [-0.1, -0.05) is 6.92 Å². The van der Waals surface area contributed by atoms with Crippen molar-refractivity contribution in [2.75, 3.05) is 6.61 Å². The van der Waals surface area contributed by atoms with Crippen LogP contribution in [-0.2, 0) is 9.47 Å². The fraction of sp³-hybridized carbons (Fsp3) is 0.667. The smallest absolute Gasteiger partial charge is 0.178 e. The van der Waals surface area contributed by atoms with Crippen LogP contribution >= 0.6 is 0 Å². The number of aliphatic imine (C=N–C) groups is 1. The summed E-state index contributed by atoms with van der Waals surface area (Å²) in [4.78, 5) is 4.19. The van der Waals surface area contributed by atoms with Crippen molar-refractivity contribution in [2.45, 2.75) is 31.8 Å². The normalized spacial score (nSPS) is 39.6. The molecule has 0 amide bonds. The molecule has 2 aliphatic heterocycles. The molecule has 3 unspecified atom stereocenters. The summed E-state index contributed by atoms with van der Waals surface area (Å²) in [6.45, 7) is 2.79. The summed E-state index contributed by atoms with van der Waals surface area (Å²) in [6.07, 6.45) is 6.80. The van der Waals surface area contributed by atoms with Gasteiger partial charge in [0.05, 0.1) is 12.7 Å². The van der Waals surface area contributed by atoms with Crippen LogP contribution in [0.5, 0.6) is 0 Å². The third kappa shape index (κ3) is 1.42. The van der Waals surface area contributed by atoms with E-state index in [0.29, 0.717) is 6.61 Å². The predicted molar refractivity (Wildman–Crippen MR) is 46.3 cm³/mol. The Hall–Kier alpha value is -0.670. The highest BCUT2D eigenvalue weighted by Crippen LogP contribution is 2.20. The number of ether oxygens (including phenoxy) is 2. The van der Waals surface area contributed by atoms with Gasteiger partial charge in [-0.25, -0.2) is 0 Å². The molecular weight excluding hydrogens is 154 g/mol. The second kappa shape index (κ2) is 3.37. The molecule has 3 heteroatoms. The molecule has 12 heavy (non-hydrogen) atoms. The molecule has 66 valence electrons. The summed E-state index contributed by atoms with van der Waals surface area (Å²) in [5, 5.41) is 0. The summed E-state index contributed by atoms with van der Waals surface area (Å²) in [5.74, 6) is 0. The summed E-state index contributed by atoms with van der Waals surface area (Å²) in [6, 6.07) is 0. The molecule has 3 atom stereocenters. The minimum absolute atomic E-state index is 0.0396. The van der Waals surface area contributed by atoms with Gasteiger partial charge in [0.2, 0.25) is 0 Å². The lowest BCUT2D eigenvalue weighted by molar-refractivity contribution is -0.162. The zero-order chi connectivity index (χ0) is 8.39. The van der Waals surface area contributed by atoms with E-state index < -0.39 is 0 Å². The highest BCUT2D eigenvalue weighted by molar-refractivity contribution is 5.72. The molecule has 2 rings (SSSR count). The van der Waals surface area contributed by atoms with Crippen molar-refractivity contribution in [3.05, 3.63) is 12.2 Å². The van der Waals surface area contributed by atoms with Crippen LogP contribution in [0.15, 0.2) is 17.1 Å². The van der Waals surface area contributed by atoms with Crippen molar-refractivity contribution in [3.63, 3.8) is 0 Å². The minimum Gasteiger partial charge on any atom is -0.367 e. The molecule has 2 aliphatic rings. The molecule has 0 saturated carbocycles. The lowest BCUT2D eigenvalue weighted by atomic mass is 10.2. The van der Waals surface area contributed by atoms with Crippen molar-refractivity contribution in [1.82, 2.24) is 0 Å². The van der Waals surface area contributed by atoms with E-state index in [2.05, 4.69) is 11.9 Å². The highest BCUT2D eigenvalue weighted by Gasteiger charge is 2.29. The van der Waals surface area contributed by atoms with Gasteiger partial charge in [-0.3, -0.25) is 4.99 Å². The van der Waals surface area contributed by atoms with Crippen LogP contribution in [0.4, 0.5) is 0 Å². The molecule has 0 aromatic rings. The van der Waals surface area contributed by atoms with Crippen LogP contribution in [-0.4, -0.2) is 31.3 Å². The number of hydrogen-bond donors (Lipinski definition) is 0. The first kappa shape index (κ1) is 7.95. The maximum Gasteiger partial charge on any atom is 0.178 e. The van der Waals surface area contributed by atoms with E-state index in [9.17, 15) is 0 Å². The lowest BCUT2D eigenvalue weighted by Gasteiger charge is -2.33. The fourth-order valence-electron chi connectivity index (χ4n) is 1.39. The summed E-state index contributed by atoms with van der Waals surface area (Å²) in [7, 11) is 0. The van der Waals surface area contributed by atoms with Crippen LogP contribution in [0.3, 0.4) is 0 Å². The van der Waals surface area contributed by atoms with Gasteiger partial charge in [0.1, 0.15) is 6.10 Å². The molecule has 1 fully saturated rings. The van der Waals surface area contributed by atoms with Crippen LogP contribution in [0.1, 0.15) is 13.3 Å². The molecule has 0 radical (unpaired) electrons. The van der Waals surface area contributed by atoms with Gasteiger partial charge in [0, 0.05) is 6.21 Å². The van der Waals surface area contributed by atoms with Crippen LogP contribution in [0, 0.1) is 0 Å². The maximum absolute atomic E-state index is 5.67. The van der Waals surface area contributed by atoms with E-state index in [1.165, 1.54) is 0 Å². The molecule has 0 spiro atoms. The van der Waals surface area contributed by atoms with Crippen molar-refractivity contribution in [2.24, 2.45) is 4.99 Å². The largest absolute Gasteiger partial charge is 0.367 e. The molecule has 3 nitrogen and oxygen atoms in total. The molecule has 0 bridgehead atoms. The number of nitrogens with zero attached hydrogens (tertiary/aromatic N) is 1. The first-order valence-electron chi connectivity index (χ1n) is 4.37. The van der Waals surface area contributed by atoms with Crippen molar-refractivity contribution in [1.29, 1.82) is 0 Å². The standard InChI is InChI=1S/C9H13NO2/c1-2-7-6-11-8-4-3-5-10-9(8)12-7/h3-5,7-9H,2,6H2,1H3. The minimum atomic E-state index is -0.103. The Morgan fingerprint density at radius 2 is 2.50 bits per heavy atom. The molecule has 1 saturated heterocycles. The Morgan fingerprint density at radius 3 is 3.33 bits per heavy atom. The average Bonchev–Trinajstić information content (AvgIpc) is 2.17. The fourth-order valence-corrected chi connectivity index (χ4v) is 1.39. The Balaban J connectivity index is 2.00. The molecular formula is C9H13NO2. The van der Waals surface area contributed by atoms with Gasteiger partial charge >= 0.3 is 0 Å². The van der Waals surface area contributed by atoms with Gasteiger partial charge < -0.3 is 9.47 Å². The second-order valence-corrected chi connectivity index (χ2v) is 3.04. The highest BCUT2D eigenvalue weighted by atomic mass is 16.6. The van der Waals surface area contributed by atoms with E-state index >= 15 is 0 Å². The monoisotopic (exact) mass is 167 g/mol. The first-order chi connectivity index (χ1) is 5.90. The van der Waals surface area contributed by atoms with Gasteiger partial charge in [0.15, 0.2) is 6.23 Å². The van der Waals surface area contributed by atoms with E-state index in [4.69, 9.17) is 9.47 Å². The number of dihydropyridines is 1. The summed E-state index contributed by atoms with van der Waals surface area (Å²) < 4.78 is 11.2. The van der Waals surface area contributed by atoms with E-state index in [-0.39, 0.29) is 18.4 Å². The van der Waals surface area contributed by atoms with Gasteiger partial charge in [-0.15, -0.1) is 0 Å². The SMILES string of the molecule is CCC1COC2C=CC=NC2O1. The Kier molecular flexibility index (Phi) is 2.23. The molecule has 0 aliphatic carbocycles. The molecule has 2 heterocycles. The topological polar surface area (TPSA) is 30.8 Å². The van der Waals surface area contributed by atoms with Crippen LogP contribution in [0.2, 0.25) is 0 Å². The quantitative estimate of drug-likeness (QED) is 0.586. The third-order valence-electron chi connectivity index (χ3n) is 2.16. The van der Waals surface area contributed by atoms with Gasteiger partial charge in [0.25, 0.3) is 0 Å². The molecule has 0 N–H and O–H groups in total. The Bertz CT molecular complexity index is 213. The van der Waals surface area contributed by atoms with Gasteiger partial charge in [-0.2, -0.15) is 0 Å². The summed E-state index contributed by atoms with van der Waals surface area (Å²) in [5.41, 5.74) is 0. The zero-order valence-electron chi connectivity index (χ0n) is 7.14. The van der Waals surface area contributed by atoms with E-state index in [1.807, 2.05) is 12.2 Å². The predicted octanol–water partition coefficient (Wildman–Crippen LogP) is 1.15. The average molecular weight is 167 g/mol. The lowest BCUT2D eigenvalue weighted by Crippen LogP contribution is -2.42. The van der Waals surface area contributed by atoms with Crippen molar-refractivity contribution < 1.29 is 9.47 Å². The van der Waals surface area contributed by atoms with Crippen LogP contribution < -0.4 is 0 Å². The first-order valence-corrected chi connectivity index (χ1v) is 4.37. The third-order valence-corrected chi connectivity index (χ3v) is 2.16. The zero-order valence-corrected chi connectivity index (χ0v) is 7.14. The number of rotatable bonds is 1. The Labute approximate surface area is 72.1 Å². The molecule has 0 aromatic carbocycles. The van der Waals surface area contributed by atoms with Crippen molar-refractivity contribution >= 4 is 6.21 Å². The number of fused-ring (bicyclic) bond motifs is 1. The van der Waals surface area contributed by atoms with E-state index in [0.717, 1.165) is 6.42 Å². The van der Waals surface area contributed by atoms with Crippen molar-refractivity contribution in [3.8, 4) is 0 Å². The Morgan fingerprint density at radius 1 is 1.58 bits per heavy atom. The van der Waals surface area contributed by atoms with Gasteiger partial charge in [-0.05, 0) is 18.6 Å². The van der Waals surface area contributed by atoms with E-state index in [1.54, 1.807) is 6.21 Å². The maximum atomic E-state index is 5.67. The second-order valence-electron chi connectivity index (χ2n) is 3.04. The molecule has 0 aromatic heterocycles. The number of hydrogen-bond acceptors (Lipinski definition) is 3. The summed E-state index contributed by atoms with van der Waals surface area (Å²) >= 11 is 0.